The third-order valence-corrected chi connectivity index (χ3v) is 5.31. The molecule has 1 N–H and O–H groups in total. The first kappa shape index (κ1) is 15.4. The number of hydrogen-bond donors (Lipinski definition) is 1. The van der Waals surface area contributed by atoms with E-state index < -0.39 is 0 Å². The Morgan fingerprint density at radius 2 is 1.96 bits per heavy atom. The molecule has 2 aromatic rings. The van der Waals surface area contributed by atoms with Gasteiger partial charge in [-0.05, 0) is 45.0 Å². The highest BCUT2D eigenvalue weighted by molar-refractivity contribution is 5.93. The highest BCUT2D eigenvalue weighted by Gasteiger charge is 2.31. The Bertz CT molecular complexity index is 716. The van der Waals surface area contributed by atoms with Crippen LogP contribution in [-0.4, -0.2) is 40.7 Å². The maximum Gasteiger partial charge on any atom is 0.226 e. The van der Waals surface area contributed by atoms with Crippen molar-refractivity contribution in [1.82, 2.24) is 14.7 Å². The Balaban J connectivity index is 1.60. The average Bonchev–Trinajstić information content (AvgIpc) is 3.00. The minimum Gasteiger partial charge on any atom is -0.311 e. The molecule has 1 atom stereocenters. The van der Waals surface area contributed by atoms with Gasteiger partial charge < -0.3 is 10.2 Å². The second-order valence-electron chi connectivity index (χ2n) is 7.07. The predicted molar refractivity (Wildman–Crippen MR) is 94.1 cm³/mol. The van der Waals surface area contributed by atoms with E-state index in [0.717, 1.165) is 38.2 Å². The third kappa shape index (κ3) is 2.96. The first-order chi connectivity index (χ1) is 11.7. The predicted octanol–water partition coefficient (Wildman–Crippen LogP) is 2.82. The average molecular weight is 324 g/mol. The molecular weight excluding hydrogens is 300 g/mol. The van der Waals surface area contributed by atoms with Crippen molar-refractivity contribution in [3.05, 3.63) is 47.7 Å². The summed E-state index contributed by atoms with van der Waals surface area (Å²) in [5.41, 5.74) is 2.47. The fraction of sp³-hybridized carbons (Fsp3) is 0.474. The topological polar surface area (TPSA) is 50.2 Å². The van der Waals surface area contributed by atoms with Crippen LogP contribution in [0.15, 0.2) is 36.5 Å². The van der Waals surface area contributed by atoms with E-state index in [1.165, 1.54) is 11.1 Å². The summed E-state index contributed by atoms with van der Waals surface area (Å²) in [6, 6.07) is 10.8. The number of nitrogens with one attached hydrogen (secondary N) is 1. The molecule has 2 aliphatic heterocycles. The number of carbonyl (C=O) groups excluding carboxylic acids is 1. The third-order valence-electron chi connectivity index (χ3n) is 5.31. The lowest BCUT2D eigenvalue weighted by molar-refractivity contribution is -0.116. The fourth-order valence-corrected chi connectivity index (χ4v) is 3.92. The normalized spacial score (nSPS) is 22.2. The molecule has 0 bridgehead atoms. The molecule has 24 heavy (non-hydrogen) atoms. The van der Waals surface area contributed by atoms with Gasteiger partial charge in [0.15, 0.2) is 0 Å². The minimum atomic E-state index is 0.109. The Hall–Kier alpha value is -2.14. The van der Waals surface area contributed by atoms with Crippen molar-refractivity contribution in [3.63, 3.8) is 0 Å². The van der Waals surface area contributed by atoms with E-state index in [9.17, 15) is 4.79 Å². The molecule has 5 nitrogen and oxygen atoms in total. The van der Waals surface area contributed by atoms with Gasteiger partial charge in [0, 0.05) is 17.9 Å². The lowest BCUT2D eigenvalue weighted by Gasteiger charge is -2.31. The molecule has 0 spiro atoms. The van der Waals surface area contributed by atoms with Crippen molar-refractivity contribution in [1.29, 1.82) is 0 Å². The first-order valence-corrected chi connectivity index (χ1v) is 8.80. The Labute approximate surface area is 142 Å². The number of aromatic nitrogens is 2. The Morgan fingerprint density at radius 3 is 2.71 bits per heavy atom. The zero-order valence-electron chi connectivity index (χ0n) is 14.1. The summed E-state index contributed by atoms with van der Waals surface area (Å²) in [5.74, 6) is 1.26. The van der Waals surface area contributed by atoms with Crippen molar-refractivity contribution in [2.45, 2.75) is 37.6 Å². The van der Waals surface area contributed by atoms with Crippen LogP contribution in [0.3, 0.4) is 0 Å². The van der Waals surface area contributed by atoms with Crippen LogP contribution in [0.25, 0.3) is 0 Å². The van der Waals surface area contributed by atoms with E-state index in [1.54, 1.807) is 0 Å². The highest BCUT2D eigenvalue weighted by atomic mass is 16.1. The number of hydrogen-bond acceptors (Lipinski definition) is 3. The van der Waals surface area contributed by atoms with Crippen LogP contribution >= 0.6 is 0 Å². The van der Waals surface area contributed by atoms with Gasteiger partial charge in [-0.15, -0.1) is 0 Å². The number of amides is 1. The van der Waals surface area contributed by atoms with Crippen LogP contribution in [0.4, 0.5) is 5.82 Å². The van der Waals surface area contributed by atoms with Gasteiger partial charge in [0.25, 0.3) is 0 Å². The zero-order valence-corrected chi connectivity index (χ0v) is 14.1. The van der Waals surface area contributed by atoms with Gasteiger partial charge in [0.1, 0.15) is 5.82 Å². The van der Waals surface area contributed by atoms with E-state index in [-0.39, 0.29) is 11.8 Å². The van der Waals surface area contributed by atoms with Crippen molar-refractivity contribution in [2.75, 3.05) is 25.5 Å². The Morgan fingerprint density at radius 1 is 1.21 bits per heavy atom. The molecule has 2 aliphatic rings. The molecule has 1 aromatic carbocycles. The molecule has 1 fully saturated rings. The van der Waals surface area contributed by atoms with E-state index >= 15 is 0 Å². The number of nitrogens with zero attached hydrogens (tertiary/aromatic N) is 3. The van der Waals surface area contributed by atoms with Crippen LogP contribution in [0.5, 0.6) is 0 Å². The summed E-state index contributed by atoms with van der Waals surface area (Å²) >= 11 is 0. The molecule has 126 valence electrons. The monoisotopic (exact) mass is 324 g/mol. The number of piperidine rings is 1. The molecule has 0 unspecified atom stereocenters. The van der Waals surface area contributed by atoms with E-state index in [1.807, 2.05) is 12.3 Å². The van der Waals surface area contributed by atoms with Crippen LogP contribution in [0.2, 0.25) is 0 Å². The first-order valence-electron chi connectivity index (χ1n) is 8.80. The van der Waals surface area contributed by atoms with Gasteiger partial charge in [0.2, 0.25) is 5.91 Å². The quantitative estimate of drug-likeness (QED) is 0.944. The molecule has 1 amide bonds. The number of benzene rings is 1. The largest absolute Gasteiger partial charge is 0.311 e. The second kappa shape index (κ2) is 6.40. The van der Waals surface area contributed by atoms with E-state index in [0.29, 0.717) is 12.5 Å². The molecule has 1 saturated heterocycles. The second-order valence-corrected chi connectivity index (χ2v) is 7.07. The summed E-state index contributed by atoms with van der Waals surface area (Å²) in [6.07, 6.45) is 5.58. The lowest BCUT2D eigenvalue weighted by Crippen LogP contribution is -2.33. The lowest BCUT2D eigenvalue weighted by atomic mass is 9.88. The Kier molecular flexibility index (Phi) is 4.10. The van der Waals surface area contributed by atoms with Gasteiger partial charge in [-0.25, -0.2) is 4.68 Å². The maximum atomic E-state index is 12.3. The van der Waals surface area contributed by atoms with Crippen molar-refractivity contribution < 1.29 is 4.79 Å². The molecule has 1 aromatic heterocycles. The van der Waals surface area contributed by atoms with Gasteiger partial charge in [-0.1, -0.05) is 30.3 Å². The van der Waals surface area contributed by atoms with Crippen LogP contribution in [0.1, 0.15) is 42.3 Å². The molecular formula is C19H24N4O. The van der Waals surface area contributed by atoms with Gasteiger partial charge >= 0.3 is 0 Å². The van der Waals surface area contributed by atoms with Crippen molar-refractivity contribution in [3.8, 4) is 0 Å². The standard InChI is InChI=1S/C19H24N4O/c1-22-9-7-16(8-10-22)23-19-17(13-20-23)15(12-18(24)21-19)11-14-5-3-2-4-6-14/h2-6,13,15-16H,7-12H2,1H3,(H,21,24)/t15-/m1/s1. The molecule has 0 saturated carbocycles. The van der Waals surface area contributed by atoms with Crippen LogP contribution in [0, 0.1) is 0 Å². The molecule has 0 radical (unpaired) electrons. The number of carbonyl (C=O) groups is 1. The highest BCUT2D eigenvalue weighted by Crippen LogP contribution is 2.37. The van der Waals surface area contributed by atoms with Gasteiger partial charge in [-0.3, -0.25) is 4.79 Å². The van der Waals surface area contributed by atoms with Crippen LogP contribution < -0.4 is 5.32 Å². The van der Waals surface area contributed by atoms with Crippen molar-refractivity contribution >= 4 is 11.7 Å². The summed E-state index contributed by atoms with van der Waals surface area (Å²) < 4.78 is 2.07. The summed E-state index contributed by atoms with van der Waals surface area (Å²) in [6.45, 7) is 2.17. The van der Waals surface area contributed by atoms with Gasteiger partial charge in [-0.2, -0.15) is 5.10 Å². The summed E-state index contributed by atoms with van der Waals surface area (Å²) in [7, 11) is 2.16. The van der Waals surface area contributed by atoms with Gasteiger partial charge in [0.05, 0.1) is 12.2 Å². The maximum absolute atomic E-state index is 12.3. The summed E-state index contributed by atoms with van der Waals surface area (Å²) in [4.78, 5) is 14.6. The fourth-order valence-electron chi connectivity index (χ4n) is 3.92. The molecule has 5 heteroatoms. The number of likely N-dealkylation sites (tertiary alicyclic amines) is 1. The SMILES string of the molecule is CN1CCC(n2ncc3c2NC(=O)C[C@H]3Cc2ccccc2)CC1. The minimum absolute atomic E-state index is 0.109. The van der Waals surface area contributed by atoms with Crippen molar-refractivity contribution in [2.24, 2.45) is 0 Å². The number of fused-ring (bicyclic) bond motifs is 1. The number of rotatable bonds is 3. The summed E-state index contributed by atoms with van der Waals surface area (Å²) in [5, 5.41) is 7.74. The van der Waals surface area contributed by atoms with E-state index in [2.05, 4.69) is 51.3 Å². The molecule has 4 rings (SSSR count). The molecule has 0 aliphatic carbocycles. The number of anilines is 1. The smallest absolute Gasteiger partial charge is 0.226 e. The zero-order chi connectivity index (χ0) is 16.5. The van der Waals surface area contributed by atoms with E-state index in [4.69, 9.17) is 0 Å². The van der Waals surface area contributed by atoms with Crippen LogP contribution in [-0.2, 0) is 11.2 Å². The molecule has 3 heterocycles.